The van der Waals surface area contributed by atoms with Crippen LogP contribution >= 0.6 is 0 Å². The van der Waals surface area contributed by atoms with Crippen LogP contribution < -0.4 is 10.1 Å². The standard InChI is InChI=1S/C18H29NO2/c1-17(2,3)19-13-15-9-5-6-10-16(15)21-14-18(20)11-7-4-8-12-18/h5-6,9-10,19-20H,4,7-8,11-14H2,1-3H3. The van der Waals surface area contributed by atoms with Crippen LogP contribution in [0.25, 0.3) is 0 Å². The van der Waals surface area contributed by atoms with E-state index in [-0.39, 0.29) is 5.54 Å². The van der Waals surface area contributed by atoms with E-state index in [1.165, 1.54) is 6.42 Å². The maximum Gasteiger partial charge on any atom is 0.123 e. The van der Waals surface area contributed by atoms with E-state index in [0.717, 1.165) is 43.5 Å². The monoisotopic (exact) mass is 291 g/mol. The summed E-state index contributed by atoms with van der Waals surface area (Å²) in [5.41, 5.74) is 0.587. The predicted molar refractivity (Wildman–Crippen MR) is 86.6 cm³/mol. The van der Waals surface area contributed by atoms with Crippen molar-refractivity contribution >= 4 is 0 Å². The number of hydrogen-bond donors (Lipinski definition) is 2. The van der Waals surface area contributed by atoms with Crippen LogP contribution in [0, 0.1) is 0 Å². The van der Waals surface area contributed by atoms with Gasteiger partial charge in [0.25, 0.3) is 0 Å². The summed E-state index contributed by atoms with van der Waals surface area (Å²) >= 11 is 0. The summed E-state index contributed by atoms with van der Waals surface area (Å²) in [5, 5.41) is 14.0. The van der Waals surface area contributed by atoms with Gasteiger partial charge in [-0.1, -0.05) is 37.5 Å². The van der Waals surface area contributed by atoms with Crippen molar-refractivity contribution in [2.24, 2.45) is 0 Å². The van der Waals surface area contributed by atoms with Crippen molar-refractivity contribution in [2.45, 2.75) is 70.6 Å². The zero-order chi connectivity index (χ0) is 15.3. The van der Waals surface area contributed by atoms with Crippen LogP contribution in [0.3, 0.4) is 0 Å². The highest BCUT2D eigenvalue weighted by atomic mass is 16.5. The normalized spacial score (nSPS) is 18.5. The molecule has 0 spiro atoms. The number of rotatable bonds is 5. The second-order valence-electron chi connectivity index (χ2n) is 7.28. The Bertz CT molecular complexity index is 445. The second-order valence-corrected chi connectivity index (χ2v) is 7.28. The molecule has 118 valence electrons. The van der Waals surface area contributed by atoms with Crippen molar-refractivity contribution in [1.29, 1.82) is 0 Å². The molecule has 21 heavy (non-hydrogen) atoms. The van der Waals surface area contributed by atoms with E-state index in [9.17, 15) is 5.11 Å². The third-order valence-corrected chi connectivity index (χ3v) is 4.06. The van der Waals surface area contributed by atoms with Gasteiger partial charge in [-0.05, 0) is 39.7 Å². The first-order chi connectivity index (χ1) is 9.88. The molecule has 0 radical (unpaired) electrons. The highest BCUT2D eigenvalue weighted by Gasteiger charge is 2.30. The SMILES string of the molecule is CC(C)(C)NCc1ccccc1OCC1(O)CCCCC1. The molecule has 0 aromatic heterocycles. The van der Waals surface area contributed by atoms with Gasteiger partial charge in [0.15, 0.2) is 0 Å². The molecule has 1 aliphatic rings. The van der Waals surface area contributed by atoms with Gasteiger partial charge in [-0.15, -0.1) is 0 Å². The van der Waals surface area contributed by atoms with Crippen molar-refractivity contribution in [3.05, 3.63) is 29.8 Å². The Morgan fingerprint density at radius 1 is 1.14 bits per heavy atom. The molecular formula is C18H29NO2. The Labute approximate surface area is 128 Å². The van der Waals surface area contributed by atoms with Gasteiger partial charge >= 0.3 is 0 Å². The fourth-order valence-electron chi connectivity index (χ4n) is 2.72. The smallest absolute Gasteiger partial charge is 0.123 e. The Morgan fingerprint density at radius 2 is 1.81 bits per heavy atom. The van der Waals surface area contributed by atoms with Crippen LogP contribution in [0.15, 0.2) is 24.3 Å². The van der Waals surface area contributed by atoms with Crippen molar-refractivity contribution in [2.75, 3.05) is 6.61 Å². The molecule has 1 fully saturated rings. The van der Waals surface area contributed by atoms with E-state index in [4.69, 9.17) is 4.74 Å². The molecular weight excluding hydrogens is 262 g/mol. The first kappa shape index (κ1) is 16.3. The molecule has 1 aliphatic carbocycles. The number of para-hydroxylation sites is 1. The fourth-order valence-corrected chi connectivity index (χ4v) is 2.72. The molecule has 0 heterocycles. The maximum absolute atomic E-state index is 10.5. The number of hydrogen-bond acceptors (Lipinski definition) is 3. The minimum atomic E-state index is -0.636. The molecule has 2 N–H and O–H groups in total. The first-order valence-corrected chi connectivity index (χ1v) is 8.06. The second kappa shape index (κ2) is 6.80. The Morgan fingerprint density at radius 3 is 2.48 bits per heavy atom. The van der Waals surface area contributed by atoms with E-state index in [1.54, 1.807) is 0 Å². The summed E-state index contributed by atoms with van der Waals surface area (Å²) in [6.07, 6.45) is 5.15. The lowest BCUT2D eigenvalue weighted by molar-refractivity contribution is -0.0341. The zero-order valence-electron chi connectivity index (χ0n) is 13.6. The van der Waals surface area contributed by atoms with Crippen molar-refractivity contribution < 1.29 is 9.84 Å². The minimum absolute atomic E-state index is 0.0781. The van der Waals surface area contributed by atoms with Crippen LogP contribution in [-0.2, 0) is 6.54 Å². The molecule has 0 amide bonds. The Balaban J connectivity index is 1.96. The minimum Gasteiger partial charge on any atom is -0.490 e. The number of nitrogens with one attached hydrogen (secondary N) is 1. The van der Waals surface area contributed by atoms with Crippen molar-refractivity contribution in [3.8, 4) is 5.75 Å². The average Bonchev–Trinajstić information content (AvgIpc) is 2.44. The Kier molecular flexibility index (Phi) is 5.28. The zero-order valence-corrected chi connectivity index (χ0v) is 13.6. The van der Waals surface area contributed by atoms with E-state index in [1.807, 2.05) is 18.2 Å². The van der Waals surface area contributed by atoms with Gasteiger partial charge < -0.3 is 15.2 Å². The first-order valence-electron chi connectivity index (χ1n) is 8.06. The van der Waals surface area contributed by atoms with Crippen molar-refractivity contribution in [3.63, 3.8) is 0 Å². The molecule has 1 aromatic rings. The molecule has 1 saturated carbocycles. The lowest BCUT2D eigenvalue weighted by Gasteiger charge is -2.32. The van der Waals surface area contributed by atoms with E-state index in [2.05, 4.69) is 32.2 Å². The van der Waals surface area contributed by atoms with Gasteiger partial charge in [0.05, 0.1) is 5.60 Å². The van der Waals surface area contributed by atoms with Crippen LogP contribution in [0.2, 0.25) is 0 Å². The number of benzene rings is 1. The average molecular weight is 291 g/mol. The van der Waals surface area contributed by atoms with Gasteiger partial charge in [-0.2, -0.15) is 0 Å². The molecule has 0 bridgehead atoms. The van der Waals surface area contributed by atoms with Gasteiger partial charge in [0, 0.05) is 17.6 Å². The summed E-state index contributed by atoms with van der Waals surface area (Å²) in [6, 6.07) is 8.09. The highest BCUT2D eigenvalue weighted by Crippen LogP contribution is 2.29. The predicted octanol–water partition coefficient (Wildman–Crippen LogP) is 3.65. The summed E-state index contributed by atoms with van der Waals surface area (Å²) in [4.78, 5) is 0. The van der Waals surface area contributed by atoms with Gasteiger partial charge in [-0.25, -0.2) is 0 Å². The molecule has 3 nitrogen and oxygen atoms in total. The molecule has 1 aromatic carbocycles. The summed E-state index contributed by atoms with van der Waals surface area (Å²) in [5.74, 6) is 0.883. The van der Waals surface area contributed by atoms with Gasteiger partial charge in [-0.3, -0.25) is 0 Å². The lowest BCUT2D eigenvalue weighted by atomic mass is 9.85. The molecule has 0 atom stereocenters. The summed E-state index contributed by atoms with van der Waals surface area (Å²) < 4.78 is 5.95. The molecule has 0 unspecified atom stereocenters. The van der Waals surface area contributed by atoms with Crippen LogP contribution in [-0.4, -0.2) is 22.9 Å². The largest absolute Gasteiger partial charge is 0.490 e. The molecule has 3 heteroatoms. The van der Waals surface area contributed by atoms with Crippen LogP contribution in [0.5, 0.6) is 5.75 Å². The fraction of sp³-hybridized carbons (Fsp3) is 0.667. The number of aliphatic hydroxyl groups is 1. The van der Waals surface area contributed by atoms with Crippen molar-refractivity contribution in [1.82, 2.24) is 5.32 Å². The highest BCUT2D eigenvalue weighted by molar-refractivity contribution is 5.33. The van der Waals surface area contributed by atoms with Crippen LogP contribution in [0.1, 0.15) is 58.4 Å². The third kappa shape index (κ3) is 5.33. The third-order valence-electron chi connectivity index (χ3n) is 4.06. The topological polar surface area (TPSA) is 41.5 Å². The quantitative estimate of drug-likeness (QED) is 0.870. The summed E-state index contributed by atoms with van der Waals surface area (Å²) in [7, 11) is 0. The van der Waals surface area contributed by atoms with E-state index in [0.29, 0.717) is 6.61 Å². The molecule has 0 aliphatic heterocycles. The maximum atomic E-state index is 10.5. The van der Waals surface area contributed by atoms with Gasteiger partial charge in [0.1, 0.15) is 12.4 Å². The molecule has 0 saturated heterocycles. The number of ether oxygens (including phenoxy) is 1. The Hall–Kier alpha value is -1.06. The van der Waals surface area contributed by atoms with Gasteiger partial charge in [0.2, 0.25) is 0 Å². The van der Waals surface area contributed by atoms with Crippen LogP contribution in [0.4, 0.5) is 0 Å². The lowest BCUT2D eigenvalue weighted by Crippen LogP contribution is -2.38. The van der Waals surface area contributed by atoms with E-state index >= 15 is 0 Å². The molecule has 2 rings (SSSR count). The van der Waals surface area contributed by atoms with E-state index < -0.39 is 5.60 Å². The summed E-state index contributed by atoms with van der Waals surface area (Å²) in [6.45, 7) is 7.64.